The molecule has 10 nitrogen and oxygen atoms in total. The lowest BCUT2D eigenvalue weighted by atomic mass is 10.2. The van der Waals surface area contributed by atoms with Crippen LogP contribution in [0.15, 0.2) is 45.7 Å². The Morgan fingerprint density at radius 2 is 2.11 bits per heavy atom. The standard InChI is InChI=1S/C18H19N5O5/c1-21(2)16-8-5-12(11-19-16)20-17(24)4-3-9-22-14-7-6-13(23(26)27)10-15(14)28-18(22)25/h5-8,10-11H,3-4,9H2,1-2H3,(H,20,24). The summed E-state index contributed by atoms with van der Waals surface area (Å²) in [5.74, 6) is -0.0280. The van der Waals surface area contributed by atoms with E-state index < -0.39 is 10.7 Å². The number of carbonyl (C=O) groups excluding carboxylic acids is 1. The van der Waals surface area contributed by atoms with Gasteiger partial charge in [-0.1, -0.05) is 0 Å². The van der Waals surface area contributed by atoms with Gasteiger partial charge in [0.15, 0.2) is 5.58 Å². The highest BCUT2D eigenvalue weighted by molar-refractivity contribution is 5.90. The second-order valence-corrected chi connectivity index (χ2v) is 6.38. The molecule has 0 saturated carbocycles. The smallest absolute Gasteiger partial charge is 0.407 e. The largest absolute Gasteiger partial charge is 0.419 e. The van der Waals surface area contributed by atoms with Crippen LogP contribution in [0, 0.1) is 10.1 Å². The number of hydrogen-bond donors (Lipinski definition) is 1. The van der Waals surface area contributed by atoms with Gasteiger partial charge >= 0.3 is 5.76 Å². The van der Waals surface area contributed by atoms with Gasteiger partial charge in [-0.25, -0.2) is 9.78 Å². The fourth-order valence-corrected chi connectivity index (χ4v) is 2.73. The van der Waals surface area contributed by atoms with Crippen molar-refractivity contribution in [3.8, 4) is 0 Å². The summed E-state index contributed by atoms with van der Waals surface area (Å²) in [6.07, 6.45) is 2.18. The summed E-state index contributed by atoms with van der Waals surface area (Å²) in [5.41, 5.74) is 1.05. The lowest BCUT2D eigenvalue weighted by molar-refractivity contribution is -0.384. The minimum atomic E-state index is -0.612. The molecule has 0 unspecified atom stereocenters. The first-order valence-corrected chi connectivity index (χ1v) is 8.56. The van der Waals surface area contributed by atoms with Crippen molar-refractivity contribution in [2.45, 2.75) is 19.4 Å². The van der Waals surface area contributed by atoms with Gasteiger partial charge in [-0.05, 0) is 24.6 Å². The molecule has 0 saturated heterocycles. The van der Waals surface area contributed by atoms with E-state index in [1.54, 1.807) is 18.3 Å². The van der Waals surface area contributed by atoms with E-state index in [1.807, 2.05) is 19.0 Å². The summed E-state index contributed by atoms with van der Waals surface area (Å²) in [6.45, 7) is 0.259. The normalized spacial score (nSPS) is 10.8. The van der Waals surface area contributed by atoms with Crippen molar-refractivity contribution in [2.24, 2.45) is 0 Å². The average Bonchev–Trinajstić information content (AvgIpc) is 2.96. The average molecular weight is 385 g/mol. The van der Waals surface area contributed by atoms with Gasteiger partial charge in [0, 0.05) is 33.1 Å². The number of oxazole rings is 1. The quantitative estimate of drug-likeness (QED) is 0.489. The highest BCUT2D eigenvalue weighted by Crippen LogP contribution is 2.20. The number of carbonyl (C=O) groups is 1. The van der Waals surface area contributed by atoms with Gasteiger partial charge in [-0.2, -0.15) is 0 Å². The third-order valence-electron chi connectivity index (χ3n) is 4.14. The van der Waals surface area contributed by atoms with Crippen molar-refractivity contribution < 1.29 is 14.1 Å². The molecular formula is C18H19N5O5. The molecule has 0 fully saturated rings. The molecule has 0 atom stereocenters. The fraction of sp³-hybridized carbons (Fsp3) is 0.278. The number of nitrogens with zero attached hydrogens (tertiary/aromatic N) is 4. The Morgan fingerprint density at radius 1 is 1.32 bits per heavy atom. The third kappa shape index (κ3) is 4.17. The summed E-state index contributed by atoms with van der Waals surface area (Å²) < 4.78 is 6.42. The number of rotatable bonds is 7. The van der Waals surface area contributed by atoms with Crippen molar-refractivity contribution >= 4 is 34.2 Å². The molecule has 28 heavy (non-hydrogen) atoms. The van der Waals surface area contributed by atoms with Gasteiger partial charge in [0.05, 0.1) is 28.4 Å². The molecular weight excluding hydrogens is 366 g/mol. The first-order chi connectivity index (χ1) is 13.3. The monoisotopic (exact) mass is 385 g/mol. The van der Waals surface area contributed by atoms with E-state index in [-0.39, 0.29) is 30.1 Å². The Kier molecular flexibility index (Phi) is 5.39. The summed E-state index contributed by atoms with van der Waals surface area (Å²) in [7, 11) is 3.75. The van der Waals surface area contributed by atoms with Crippen LogP contribution in [0.2, 0.25) is 0 Å². The van der Waals surface area contributed by atoms with Gasteiger partial charge in [0.1, 0.15) is 5.82 Å². The van der Waals surface area contributed by atoms with E-state index in [0.717, 1.165) is 5.82 Å². The second-order valence-electron chi connectivity index (χ2n) is 6.38. The van der Waals surface area contributed by atoms with Gasteiger partial charge < -0.3 is 14.6 Å². The number of pyridine rings is 1. The van der Waals surface area contributed by atoms with Gasteiger partial charge in [0.25, 0.3) is 5.69 Å². The molecule has 0 radical (unpaired) electrons. The van der Waals surface area contributed by atoms with E-state index in [1.165, 1.54) is 22.8 Å². The van der Waals surface area contributed by atoms with Crippen molar-refractivity contribution in [1.82, 2.24) is 9.55 Å². The fourth-order valence-electron chi connectivity index (χ4n) is 2.73. The SMILES string of the molecule is CN(C)c1ccc(NC(=O)CCCn2c(=O)oc3cc([N+](=O)[O-])ccc32)cn1. The number of non-ortho nitro benzene ring substituents is 1. The molecule has 0 aliphatic rings. The maximum absolute atomic E-state index is 12.1. The van der Waals surface area contributed by atoms with Crippen molar-refractivity contribution in [3.05, 3.63) is 57.2 Å². The van der Waals surface area contributed by atoms with Gasteiger partial charge in [-0.3, -0.25) is 19.5 Å². The summed E-state index contributed by atoms with van der Waals surface area (Å²) >= 11 is 0. The molecule has 1 aromatic carbocycles. The van der Waals surface area contributed by atoms with Crippen molar-refractivity contribution in [1.29, 1.82) is 0 Å². The Labute approximate surface area is 159 Å². The molecule has 10 heteroatoms. The third-order valence-corrected chi connectivity index (χ3v) is 4.14. The van der Waals surface area contributed by atoms with Crippen LogP contribution in [0.3, 0.4) is 0 Å². The van der Waals surface area contributed by atoms with E-state index in [2.05, 4.69) is 10.3 Å². The van der Waals surface area contributed by atoms with E-state index in [0.29, 0.717) is 17.6 Å². The van der Waals surface area contributed by atoms with Crippen LogP contribution in [-0.4, -0.2) is 34.5 Å². The summed E-state index contributed by atoms with van der Waals surface area (Å²) in [4.78, 5) is 40.4. The van der Waals surface area contributed by atoms with E-state index in [4.69, 9.17) is 4.42 Å². The molecule has 1 amide bonds. The minimum Gasteiger partial charge on any atom is -0.407 e. The topological polar surface area (TPSA) is 124 Å². The number of aryl methyl sites for hydroxylation is 1. The number of fused-ring (bicyclic) bond motifs is 1. The lowest BCUT2D eigenvalue weighted by Gasteiger charge is -2.11. The van der Waals surface area contributed by atoms with E-state index >= 15 is 0 Å². The molecule has 146 valence electrons. The molecule has 3 rings (SSSR count). The van der Waals surface area contributed by atoms with Crippen LogP contribution >= 0.6 is 0 Å². The van der Waals surface area contributed by atoms with Crippen molar-refractivity contribution in [2.75, 3.05) is 24.3 Å². The molecule has 3 aromatic rings. The van der Waals surface area contributed by atoms with Crippen LogP contribution < -0.4 is 16.0 Å². The summed E-state index contributed by atoms with van der Waals surface area (Å²) in [5, 5.41) is 13.6. The number of anilines is 2. The first-order valence-electron chi connectivity index (χ1n) is 8.56. The number of nitro groups is 1. The minimum absolute atomic E-state index is 0.149. The summed E-state index contributed by atoms with van der Waals surface area (Å²) in [6, 6.07) is 7.55. The van der Waals surface area contributed by atoms with Crippen LogP contribution in [0.5, 0.6) is 0 Å². The molecule has 2 aromatic heterocycles. The number of benzene rings is 1. The molecule has 2 heterocycles. The number of aromatic nitrogens is 2. The zero-order valence-corrected chi connectivity index (χ0v) is 15.4. The molecule has 0 aliphatic heterocycles. The number of nitrogens with one attached hydrogen (secondary N) is 1. The van der Waals surface area contributed by atoms with E-state index in [9.17, 15) is 19.7 Å². The van der Waals surface area contributed by atoms with Crippen LogP contribution in [0.1, 0.15) is 12.8 Å². The Bertz CT molecular complexity index is 1070. The van der Waals surface area contributed by atoms with Crippen LogP contribution in [0.25, 0.3) is 11.1 Å². The molecule has 0 aliphatic carbocycles. The first kappa shape index (κ1) is 19.1. The molecule has 0 spiro atoms. The molecule has 0 bridgehead atoms. The maximum Gasteiger partial charge on any atom is 0.419 e. The Balaban J connectivity index is 1.60. The highest BCUT2D eigenvalue weighted by atomic mass is 16.6. The number of hydrogen-bond acceptors (Lipinski definition) is 7. The zero-order chi connectivity index (χ0) is 20.3. The van der Waals surface area contributed by atoms with Crippen LogP contribution in [-0.2, 0) is 11.3 Å². The predicted octanol–water partition coefficient (Wildman–Crippen LogP) is 2.38. The Hall–Kier alpha value is -3.69. The van der Waals surface area contributed by atoms with Gasteiger partial charge in [0.2, 0.25) is 5.91 Å². The number of amides is 1. The van der Waals surface area contributed by atoms with Crippen molar-refractivity contribution in [3.63, 3.8) is 0 Å². The Morgan fingerprint density at radius 3 is 2.75 bits per heavy atom. The maximum atomic E-state index is 12.1. The highest BCUT2D eigenvalue weighted by Gasteiger charge is 2.14. The van der Waals surface area contributed by atoms with Crippen LogP contribution in [0.4, 0.5) is 17.2 Å². The molecule has 1 N–H and O–H groups in total. The lowest BCUT2D eigenvalue weighted by Crippen LogP contribution is -2.17. The zero-order valence-electron chi connectivity index (χ0n) is 15.4. The number of nitro benzene ring substituents is 1. The van der Waals surface area contributed by atoms with Gasteiger partial charge in [-0.15, -0.1) is 0 Å². The predicted molar refractivity (Wildman–Crippen MR) is 104 cm³/mol. The second kappa shape index (κ2) is 7.91.